The first-order valence-electron chi connectivity index (χ1n) is 7.61. The summed E-state index contributed by atoms with van der Waals surface area (Å²) in [5, 5.41) is 8.49. The van der Waals surface area contributed by atoms with Gasteiger partial charge in [-0.3, -0.25) is 4.90 Å². The summed E-state index contributed by atoms with van der Waals surface area (Å²) in [6.07, 6.45) is 3.10. The summed E-state index contributed by atoms with van der Waals surface area (Å²) in [6.45, 7) is 11.3. The van der Waals surface area contributed by atoms with Crippen molar-refractivity contribution >= 4 is 5.82 Å². The van der Waals surface area contributed by atoms with Gasteiger partial charge < -0.3 is 9.80 Å². The lowest BCUT2D eigenvalue weighted by molar-refractivity contribution is 0.120. The van der Waals surface area contributed by atoms with Crippen LogP contribution in [0.4, 0.5) is 5.82 Å². The van der Waals surface area contributed by atoms with Crippen molar-refractivity contribution in [3.8, 4) is 0 Å². The fraction of sp³-hybridized carbons (Fsp3) is 0.733. The van der Waals surface area contributed by atoms with E-state index in [1.54, 1.807) is 0 Å². The molecule has 5 nitrogen and oxygen atoms in total. The summed E-state index contributed by atoms with van der Waals surface area (Å²) in [6, 6.07) is 0.686. The van der Waals surface area contributed by atoms with Crippen molar-refractivity contribution in [1.82, 2.24) is 20.0 Å². The van der Waals surface area contributed by atoms with Crippen molar-refractivity contribution in [2.24, 2.45) is 0 Å². The maximum atomic E-state index is 4.36. The van der Waals surface area contributed by atoms with Gasteiger partial charge in [-0.1, -0.05) is 0 Å². The van der Waals surface area contributed by atoms with Crippen LogP contribution in [0.1, 0.15) is 17.5 Å². The molecular formula is C15H25N5. The average molecular weight is 275 g/mol. The van der Waals surface area contributed by atoms with Gasteiger partial charge in [-0.15, -0.1) is 5.10 Å². The minimum atomic E-state index is 0.686. The zero-order valence-corrected chi connectivity index (χ0v) is 12.8. The Morgan fingerprint density at radius 1 is 1.10 bits per heavy atom. The minimum absolute atomic E-state index is 0.686. The molecule has 5 heteroatoms. The standard InChI is InChI=1S/C15H25N5/c1-12-10-16-17-15(13(12)2)20-5-4-14(11-20)19-8-6-18(3)7-9-19/h10,14H,4-9,11H2,1-3H3. The summed E-state index contributed by atoms with van der Waals surface area (Å²) in [5.41, 5.74) is 2.51. The largest absolute Gasteiger partial charge is 0.353 e. The molecule has 110 valence electrons. The van der Waals surface area contributed by atoms with Crippen molar-refractivity contribution in [2.75, 3.05) is 51.2 Å². The second-order valence-corrected chi connectivity index (χ2v) is 6.20. The molecule has 2 fully saturated rings. The highest BCUT2D eigenvalue weighted by Gasteiger charge is 2.30. The molecule has 3 heterocycles. The molecule has 1 aromatic rings. The highest BCUT2D eigenvalue weighted by molar-refractivity contribution is 5.49. The molecule has 3 rings (SSSR count). The number of aromatic nitrogens is 2. The molecule has 1 aromatic heterocycles. The number of aryl methyl sites for hydroxylation is 1. The van der Waals surface area contributed by atoms with Crippen LogP contribution in [0.15, 0.2) is 6.20 Å². The zero-order valence-electron chi connectivity index (χ0n) is 12.8. The van der Waals surface area contributed by atoms with E-state index in [9.17, 15) is 0 Å². The first-order chi connectivity index (χ1) is 9.65. The van der Waals surface area contributed by atoms with E-state index in [1.807, 2.05) is 6.20 Å². The third-order valence-electron chi connectivity index (χ3n) is 4.85. The Bertz CT molecular complexity index is 467. The highest BCUT2D eigenvalue weighted by atomic mass is 15.3. The van der Waals surface area contributed by atoms with Crippen molar-refractivity contribution in [1.29, 1.82) is 0 Å². The van der Waals surface area contributed by atoms with Crippen molar-refractivity contribution in [3.63, 3.8) is 0 Å². The lowest BCUT2D eigenvalue weighted by Crippen LogP contribution is -2.49. The van der Waals surface area contributed by atoms with Gasteiger partial charge in [0.05, 0.1) is 6.20 Å². The van der Waals surface area contributed by atoms with Crippen LogP contribution in [-0.2, 0) is 0 Å². The Balaban J connectivity index is 1.66. The third-order valence-corrected chi connectivity index (χ3v) is 4.85. The van der Waals surface area contributed by atoms with Gasteiger partial charge in [-0.2, -0.15) is 5.10 Å². The molecule has 0 amide bonds. The molecule has 20 heavy (non-hydrogen) atoms. The molecule has 0 aliphatic carbocycles. The van der Waals surface area contributed by atoms with E-state index < -0.39 is 0 Å². The molecule has 2 saturated heterocycles. The number of rotatable bonds is 2. The maximum absolute atomic E-state index is 4.36. The normalized spacial score (nSPS) is 25.4. The predicted molar refractivity (Wildman–Crippen MR) is 81.2 cm³/mol. The van der Waals surface area contributed by atoms with Crippen LogP contribution in [0.3, 0.4) is 0 Å². The van der Waals surface area contributed by atoms with Gasteiger partial charge in [0, 0.05) is 45.3 Å². The van der Waals surface area contributed by atoms with Crippen LogP contribution >= 0.6 is 0 Å². The van der Waals surface area contributed by atoms with E-state index in [4.69, 9.17) is 0 Å². The molecule has 1 atom stereocenters. The smallest absolute Gasteiger partial charge is 0.154 e. The summed E-state index contributed by atoms with van der Waals surface area (Å²) < 4.78 is 0. The number of hydrogen-bond donors (Lipinski definition) is 0. The lowest BCUT2D eigenvalue weighted by Gasteiger charge is -2.36. The molecule has 0 N–H and O–H groups in total. The van der Waals surface area contributed by atoms with Gasteiger partial charge in [-0.05, 0) is 38.4 Å². The van der Waals surface area contributed by atoms with Gasteiger partial charge in [0.2, 0.25) is 0 Å². The lowest BCUT2D eigenvalue weighted by atomic mass is 10.2. The van der Waals surface area contributed by atoms with Crippen LogP contribution in [0.5, 0.6) is 0 Å². The van der Waals surface area contributed by atoms with Crippen molar-refractivity contribution in [2.45, 2.75) is 26.3 Å². The van der Waals surface area contributed by atoms with Crippen LogP contribution < -0.4 is 4.90 Å². The monoisotopic (exact) mass is 275 g/mol. The van der Waals surface area contributed by atoms with E-state index >= 15 is 0 Å². The zero-order chi connectivity index (χ0) is 14.1. The van der Waals surface area contributed by atoms with Gasteiger partial charge in [0.15, 0.2) is 5.82 Å². The van der Waals surface area contributed by atoms with E-state index in [-0.39, 0.29) is 0 Å². The summed E-state index contributed by atoms with van der Waals surface area (Å²) in [4.78, 5) is 7.48. The van der Waals surface area contributed by atoms with Gasteiger partial charge in [0.1, 0.15) is 0 Å². The number of piperazine rings is 1. The van der Waals surface area contributed by atoms with E-state index in [1.165, 1.54) is 43.7 Å². The summed E-state index contributed by atoms with van der Waals surface area (Å²) in [5.74, 6) is 1.08. The van der Waals surface area contributed by atoms with Gasteiger partial charge >= 0.3 is 0 Å². The number of hydrogen-bond acceptors (Lipinski definition) is 5. The third kappa shape index (κ3) is 2.65. The Morgan fingerprint density at radius 2 is 1.85 bits per heavy atom. The SMILES string of the molecule is Cc1cnnc(N2CCC(N3CCN(C)CC3)C2)c1C. The molecule has 0 saturated carbocycles. The topological polar surface area (TPSA) is 35.5 Å². The number of nitrogens with zero attached hydrogens (tertiary/aromatic N) is 5. The summed E-state index contributed by atoms with van der Waals surface area (Å²) in [7, 11) is 2.21. The molecular weight excluding hydrogens is 250 g/mol. The van der Waals surface area contributed by atoms with Crippen molar-refractivity contribution < 1.29 is 0 Å². The van der Waals surface area contributed by atoms with Gasteiger partial charge in [-0.25, -0.2) is 0 Å². The fourth-order valence-electron chi connectivity index (χ4n) is 3.24. The number of anilines is 1. The Labute approximate surface area is 121 Å². The van der Waals surface area contributed by atoms with E-state index in [2.05, 4.69) is 45.8 Å². The molecule has 2 aliphatic rings. The molecule has 0 spiro atoms. The second-order valence-electron chi connectivity index (χ2n) is 6.20. The van der Waals surface area contributed by atoms with Crippen molar-refractivity contribution in [3.05, 3.63) is 17.3 Å². The van der Waals surface area contributed by atoms with E-state index in [0.717, 1.165) is 18.9 Å². The van der Waals surface area contributed by atoms with Gasteiger partial charge in [0.25, 0.3) is 0 Å². The predicted octanol–water partition coefficient (Wildman–Crippen LogP) is 0.920. The summed E-state index contributed by atoms with van der Waals surface area (Å²) >= 11 is 0. The molecule has 2 aliphatic heterocycles. The molecule has 0 radical (unpaired) electrons. The highest BCUT2D eigenvalue weighted by Crippen LogP contribution is 2.25. The second kappa shape index (κ2) is 5.66. The maximum Gasteiger partial charge on any atom is 0.154 e. The van der Waals surface area contributed by atoms with E-state index in [0.29, 0.717) is 6.04 Å². The molecule has 1 unspecified atom stereocenters. The molecule has 0 bridgehead atoms. The minimum Gasteiger partial charge on any atom is -0.353 e. The fourth-order valence-corrected chi connectivity index (χ4v) is 3.24. The quantitative estimate of drug-likeness (QED) is 0.802. The Morgan fingerprint density at radius 3 is 2.60 bits per heavy atom. The van der Waals surface area contributed by atoms with Crippen LogP contribution in [0.2, 0.25) is 0 Å². The average Bonchev–Trinajstić information content (AvgIpc) is 2.92. The Kier molecular flexibility index (Phi) is 3.89. The number of likely N-dealkylation sites (N-methyl/N-ethyl adjacent to an activating group) is 1. The Hall–Kier alpha value is -1.20. The first kappa shape index (κ1) is 13.8. The van der Waals surface area contributed by atoms with Crippen LogP contribution in [0.25, 0.3) is 0 Å². The first-order valence-corrected chi connectivity index (χ1v) is 7.61. The molecule has 0 aromatic carbocycles. The van der Waals surface area contributed by atoms with Crippen LogP contribution in [-0.4, -0.2) is 72.4 Å². The van der Waals surface area contributed by atoms with Crippen LogP contribution in [0, 0.1) is 13.8 Å².